The molecule has 1 aliphatic heterocycles. The molecule has 0 aromatic heterocycles. The Morgan fingerprint density at radius 3 is 1.67 bits per heavy atom. The summed E-state index contributed by atoms with van der Waals surface area (Å²) in [7, 11) is 0. The molecule has 1 saturated carbocycles. The molecule has 124 valence electrons. The summed E-state index contributed by atoms with van der Waals surface area (Å²) < 4.78 is 0. The van der Waals surface area contributed by atoms with Crippen molar-refractivity contribution in [3.63, 3.8) is 0 Å². The van der Waals surface area contributed by atoms with Crippen LogP contribution in [0.3, 0.4) is 0 Å². The van der Waals surface area contributed by atoms with Gasteiger partial charge < -0.3 is 26.6 Å². The van der Waals surface area contributed by atoms with E-state index in [1.165, 1.54) is 32.1 Å². The smallest absolute Gasteiger partial charge is 0.0221 e. The van der Waals surface area contributed by atoms with E-state index < -0.39 is 0 Å². The molecule has 5 nitrogen and oxygen atoms in total. The summed E-state index contributed by atoms with van der Waals surface area (Å²) in [5, 5.41) is 17.9. The number of nitrogens with one attached hydrogen (secondary N) is 5. The van der Waals surface area contributed by atoms with Gasteiger partial charge >= 0.3 is 0 Å². The minimum absolute atomic E-state index is 0.648. The summed E-state index contributed by atoms with van der Waals surface area (Å²) in [6, 6.07) is 0.648. The molecule has 0 bridgehead atoms. The molecule has 1 atom stereocenters. The highest BCUT2D eigenvalue weighted by molar-refractivity contribution is 4.81. The summed E-state index contributed by atoms with van der Waals surface area (Å²) in [6.45, 7) is 9.66. The highest BCUT2D eigenvalue weighted by atomic mass is 15.0. The standard InChI is InChI=1S/C16H35N5/c1-2-4-15(5-3-1)16-14-20-11-10-18-7-6-17-8-9-19-12-13-21-16/h15-21H,1-14H2. The Morgan fingerprint density at radius 2 is 1.05 bits per heavy atom. The van der Waals surface area contributed by atoms with E-state index in [0.29, 0.717) is 6.04 Å². The first-order chi connectivity index (χ1) is 10.5. The SMILES string of the molecule is C1CCC(C2CNCCNCCNCCNCCN2)CC1. The van der Waals surface area contributed by atoms with Gasteiger partial charge in [-0.3, -0.25) is 0 Å². The first-order valence-electron chi connectivity index (χ1n) is 9.03. The maximum absolute atomic E-state index is 3.79. The molecule has 1 aliphatic carbocycles. The average Bonchev–Trinajstić information content (AvgIpc) is 2.54. The Balaban J connectivity index is 1.74. The van der Waals surface area contributed by atoms with Crippen LogP contribution in [-0.4, -0.2) is 64.9 Å². The Morgan fingerprint density at radius 1 is 0.524 bits per heavy atom. The highest BCUT2D eigenvalue weighted by Gasteiger charge is 2.22. The number of rotatable bonds is 1. The van der Waals surface area contributed by atoms with Crippen LogP contribution >= 0.6 is 0 Å². The molecule has 0 aromatic rings. The van der Waals surface area contributed by atoms with Crippen LogP contribution in [0.15, 0.2) is 0 Å². The Hall–Kier alpha value is -0.200. The fraction of sp³-hybridized carbons (Fsp3) is 1.00. The fourth-order valence-electron chi connectivity index (χ4n) is 3.45. The van der Waals surface area contributed by atoms with E-state index >= 15 is 0 Å². The van der Waals surface area contributed by atoms with Gasteiger partial charge in [-0.15, -0.1) is 0 Å². The molecule has 0 aromatic carbocycles. The lowest BCUT2D eigenvalue weighted by molar-refractivity contribution is 0.262. The van der Waals surface area contributed by atoms with Crippen LogP contribution in [0.2, 0.25) is 0 Å². The van der Waals surface area contributed by atoms with Crippen molar-refractivity contribution in [2.24, 2.45) is 5.92 Å². The second-order valence-electron chi connectivity index (χ2n) is 6.41. The molecule has 2 fully saturated rings. The van der Waals surface area contributed by atoms with E-state index in [9.17, 15) is 0 Å². The third-order valence-corrected chi connectivity index (χ3v) is 4.73. The second-order valence-corrected chi connectivity index (χ2v) is 6.41. The zero-order chi connectivity index (χ0) is 14.6. The summed E-state index contributed by atoms with van der Waals surface area (Å²) in [5.41, 5.74) is 0. The minimum Gasteiger partial charge on any atom is -0.314 e. The van der Waals surface area contributed by atoms with Gasteiger partial charge in [-0.2, -0.15) is 0 Å². The number of hydrogen-bond acceptors (Lipinski definition) is 5. The lowest BCUT2D eigenvalue weighted by Gasteiger charge is -2.31. The van der Waals surface area contributed by atoms with Crippen molar-refractivity contribution < 1.29 is 0 Å². The molecular formula is C16H35N5. The summed E-state index contributed by atoms with van der Waals surface area (Å²) in [4.78, 5) is 0. The first-order valence-corrected chi connectivity index (χ1v) is 9.03. The van der Waals surface area contributed by atoms with Crippen molar-refractivity contribution in [3.8, 4) is 0 Å². The van der Waals surface area contributed by atoms with E-state index in [4.69, 9.17) is 0 Å². The maximum atomic E-state index is 3.79. The van der Waals surface area contributed by atoms with Crippen molar-refractivity contribution in [2.75, 3.05) is 58.9 Å². The molecule has 2 aliphatic rings. The first kappa shape index (κ1) is 17.2. The van der Waals surface area contributed by atoms with Crippen LogP contribution in [-0.2, 0) is 0 Å². The third-order valence-electron chi connectivity index (χ3n) is 4.73. The van der Waals surface area contributed by atoms with E-state index in [1.807, 2.05) is 0 Å². The van der Waals surface area contributed by atoms with Gasteiger partial charge in [-0.25, -0.2) is 0 Å². The van der Waals surface area contributed by atoms with Crippen LogP contribution in [0.1, 0.15) is 32.1 Å². The third kappa shape index (κ3) is 7.56. The van der Waals surface area contributed by atoms with Crippen LogP contribution in [0.25, 0.3) is 0 Å². The van der Waals surface area contributed by atoms with Crippen molar-refractivity contribution in [1.29, 1.82) is 0 Å². The molecule has 21 heavy (non-hydrogen) atoms. The lowest BCUT2D eigenvalue weighted by atomic mass is 9.84. The monoisotopic (exact) mass is 297 g/mol. The molecular weight excluding hydrogens is 262 g/mol. The van der Waals surface area contributed by atoms with E-state index in [1.54, 1.807) is 0 Å². The molecule has 0 spiro atoms. The molecule has 1 unspecified atom stereocenters. The Labute approximate surface area is 130 Å². The molecule has 0 amide bonds. The number of hydrogen-bond donors (Lipinski definition) is 5. The van der Waals surface area contributed by atoms with Gasteiger partial charge in [0.1, 0.15) is 0 Å². The molecule has 0 radical (unpaired) electrons. The van der Waals surface area contributed by atoms with Crippen LogP contribution in [0, 0.1) is 5.92 Å². The Kier molecular flexibility index (Phi) is 9.30. The van der Waals surface area contributed by atoms with Gasteiger partial charge in [0, 0.05) is 64.9 Å². The largest absolute Gasteiger partial charge is 0.314 e. The van der Waals surface area contributed by atoms with Gasteiger partial charge in [0.25, 0.3) is 0 Å². The maximum Gasteiger partial charge on any atom is 0.0221 e. The van der Waals surface area contributed by atoms with Crippen molar-refractivity contribution >= 4 is 0 Å². The Bertz CT molecular complexity index is 227. The van der Waals surface area contributed by atoms with Gasteiger partial charge in [0.15, 0.2) is 0 Å². The topological polar surface area (TPSA) is 60.1 Å². The molecule has 2 rings (SSSR count). The molecule has 1 saturated heterocycles. The van der Waals surface area contributed by atoms with E-state index in [0.717, 1.165) is 64.8 Å². The summed E-state index contributed by atoms with van der Waals surface area (Å²) in [6.07, 6.45) is 7.11. The predicted molar refractivity (Wildman–Crippen MR) is 89.8 cm³/mol. The van der Waals surface area contributed by atoms with Crippen molar-refractivity contribution in [2.45, 2.75) is 38.1 Å². The summed E-state index contributed by atoms with van der Waals surface area (Å²) in [5.74, 6) is 0.872. The van der Waals surface area contributed by atoms with E-state index in [-0.39, 0.29) is 0 Å². The molecule has 5 heteroatoms. The van der Waals surface area contributed by atoms with Gasteiger partial charge in [-0.05, 0) is 18.8 Å². The van der Waals surface area contributed by atoms with Gasteiger partial charge in [-0.1, -0.05) is 19.3 Å². The van der Waals surface area contributed by atoms with E-state index in [2.05, 4.69) is 26.6 Å². The van der Waals surface area contributed by atoms with Crippen LogP contribution < -0.4 is 26.6 Å². The van der Waals surface area contributed by atoms with Crippen molar-refractivity contribution in [1.82, 2.24) is 26.6 Å². The van der Waals surface area contributed by atoms with Crippen LogP contribution in [0.4, 0.5) is 0 Å². The van der Waals surface area contributed by atoms with Gasteiger partial charge in [0.2, 0.25) is 0 Å². The lowest BCUT2D eigenvalue weighted by Crippen LogP contribution is -2.47. The molecule has 1 heterocycles. The molecule has 5 N–H and O–H groups in total. The quantitative estimate of drug-likeness (QED) is 0.468. The van der Waals surface area contributed by atoms with Crippen molar-refractivity contribution in [3.05, 3.63) is 0 Å². The normalized spacial score (nSPS) is 29.4. The van der Waals surface area contributed by atoms with Crippen LogP contribution in [0.5, 0.6) is 0 Å². The highest BCUT2D eigenvalue weighted by Crippen LogP contribution is 2.26. The fourth-order valence-corrected chi connectivity index (χ4v) is 3.45. The minimum atomic E-state index is 0.648. The predicted octanol–water partition coefficient (Wildman–Crippen LogP) is -0.103. The second kappa shape index (κ2) is 11.4. The summed E-state index contributed by atoms with van der Waals surface area (Å²) >= 11 is 0. The zero-order valence-electron chi connectivity index (χ0n) is 13.6. The van der Waals surface area contributed by atoms with Gasteiger partial charge in [0.05, 0.1) is 0 Å². The average molecular weight is 297 g/mol. The zero-order valence-corrected chi connectivity index (χ0v) is 13.6.